The lowest BCUT2D eigenvalue weighted by atomic mass is 10.00. The molecule has 1 fully saturated rings. The van der Waals surface area contributed by atoms with Crippen LogP contribution in [0.5, 0.6) is 0 Å². The second-order valence-electron chi connectivity index (χ2n) is 6.87. The summed E-state index contributed by atoms with van der Waals surface area (Å²) >= 11 is 0. The van der Waals surface area contributed by atoms with Crippen LogP contribution < -0.4 is 5.32 Å². The highest BCUT2D eigenvalue weighted by atomic mass is 16.5. The van der Waals surface area contributed by atoms with E-state index >= 15 is 0 Å². The van der Waals surface area contributed by atoms with E-state index in [0.717, 1.165) is 36.9 Å². The number of hydrogen-bond acceptors (Lipinski definition) is 3. The first kappa shape index (κ1) is 16.6. The van der Waals surface area contributed by atoms with E-state index in [9.17, 15) is 4.79 Å². The van der Waals surface area contributed by atoms with Crippen LogP contribution in [0.1, 0.15) is 30.5 Å². The molecule has 0 atom stereocenters. The maximum Gasteiger partial charge on any atom is 0.232 e. The van der Waals surface area contributed by atoms with Crippen LogP contribution >= 0.6 is 0 Å². The Balaban J connectivity index is 1.35. The van der Waals surface area contributed by atoms with Crippen molar-refractivity contribution in [3.63, 3.8) is 0 Å². The fourth-order valence-electron chi connectivity index (χ4n) is 3.27. The van der Waals surface area contributed by atoms with Gasteiger partial charge in [0, 0.05) is 18.2 Å². The van der Waals surface area contributed by atoms with Gasteiger partial charge in [0.25, 0.3) is 0 Å². The minimum Gasteiger partial charge on any atom is -0.356 e. The molecule has 0 aliphatic heterocycles. The molecule has 4 heteroatoms. The second-order valence-corrected chi connectivity index (χ2v) is 6.87. The van der Waals surface area contributed by atoms with E-state index in [1.54, 1.807) is 0 Å². The highest BCUT2D eigenvalue weighted by Crippen LogP contribution is 2.48. The Kier molecular flexibility index (Phi) is 4.57. The minimum absolute atomic E-state index is 0.0680. The van der Waals surface area contributed by atoms with Crippen LogP contribution in [0, 0.1) is 0 Å². The molecule has 0 bridgehead atoms. The Labute approximate surface area is 153 Å². The summed E-state index contributed by atoms with van der Waals surface area (Å²) in [6.45, 7) is 0.679. The van der Waals surface area contributed by atoms with Crippen LogP contribution in [0.15, 0.2) is 71.3 Å². The summed E-state index contributed by atoms with van der Waals surface area (Å²) < 4.78 is 5.48. The Bertz CT molecular complexity index is 867. The van der Waals surface area contributed by atoms with Gasteiger partial charge >= 0.3 is 0 Å². The molecular formula is C22H22N2O2. The number of nitrogens with one attached hydrogen (secondary N) is 1. The third-order valence-corrected chi connectivity index (χ3v) is 5.01. The van der Waals surface area contributed by atoms with Gasteiger partial charge in [-0.2, -0.15) is 0 Å². The molecule has 0 saturated heterocycles. The number of rotatable bonds is 7. The van der Waals surface area contributed by atoms with Crippen molar-refractivity contribution in [2.75, 3.05) is 6.54 Å². The van der Waals surface area contributed by atoms with E-state index in [1.807, 2.05) is 54.6 Å². The molecule has 1 amide bonds. The lowest BCUT2D eigenvalue weighted by molar-refractivity contribution is -0.123. The van der Waals surface area contributed by atoms with Gasteiger partial charge in [-0.1, -0.05) is 65.8 Å². The van der Waals surface area contributed by atoms with Crippen LogP contribution in [0.3, 0.4) is 0 Å². The van der Waals surface area contributed by atoms with Crippen LogP contribution in [0.25, 0.3) is 11.3 Å². The molecule has 26 heavy (non-hydrogen) atoms. The standard InChI is InChI=1S/C22H22N2O2/c25-21(23-15-7-10-17-8-3-1-4-9-17)22(13-14-22)20-16-19(26-24-20)18-11-5-2-6-12-18/h1-6,8-9,11-12,16H,7,10,13-15H2,(H,23,25). The van der Waals surface area contributed by atoms with Gasteiger partial charge < -0.3 is 9.84 Å². The molecule has 0 radical (unpaired) electrons. The van der Waals surface area contributed by atoms with Gasteiger partial charge in [0.05, 0.1) is 11.1 Å². The average Bonchev–Trinajstić information content (AvgIpc) is 3.36. The highest BCUT2D eigenvalue weighted by Gasteiger charge is 2.53. The monoisotopic (exact) mass is 346 g/mol. The first-order valence-corrected chi connectivity index (χ1v) is 9.13. The van der Waals surface area contributed by atoms with E-state index in [2.05, 4.69) is 22.6 Å². The number of nitrogens with zero attached hydrogens (tertiary/aromatic N) is 1. The molecule has 0 unspecified atom stereocenters. The van der Waals surface area contributed by atoms with E-state index in [-0.39, 0.29) is 5.91 Å². The molecule has 1 aromatic heterocycles. The van der Waals surface area contributed by atoms with E-state index in [0.29, 0.717) is 12.3 Å². The van der Waals surface area contributed by atoms with Gasteiger partial charge in [-0.15, -0.1) is 0 Å². The average molecular weight is 346 g/mol. The zero-order valence-corrected chi connectivity index (χ0v) is 14.7. The summed E-state index contributed by atoms with van der Waals surface area (Å²) in [5.41, 5.74) is 2.53. The first-order chi connectivity index (χ1) is 12.8. The number of hydrogen-bond donors (Lipinski definition) is 1. The fraction of sp³-hybridized carbons (Fsp3) is 0.273. The largest absolute Gasteiger partial charge is 0.356 e. The summed E-state index contributed by atoms with van der Waals surface area (Å²) in [6, 6.07) is 22.1. The van der Waals surface area contributed by atoms with Gasteiger partial charge in [-0.25, -0.2) is 0 Å². The smallest absolute Gasteiger partial charge is 0.232 e. The van der Waals surface area contributed by atoms with Crippen molar-refractivity contribution in [1.82, 2.24) is 10.5 Å². The molecule has 4 nitrogen and oxygen atoms in total. The number of aromatic nitrogens is 1. The second kappa shape index (κ2) is 7.16. The minimum atomic E-state index is -0.497. The molecule has 1 aliphatic carbocycles. The summed E-state index contributed by atoms with van der Waals surface area (Å²) in [5, 5.41) is 7.27. The van der Waals surface area contributed by atoms with Crippen molar-refractivity contribution in [3.8, 4) is 11.3 Å². The van der Waals surface area contributed by atoms with Crippen molar-refractivity contribution < 1.29 is 9.32 Å². The van der Waals surface area contributed by atoms with E-state index in [4.69, 9.17) is 4.52 Å². The Hall–Kier alpha value is -2.88. The van der Waals surface area contributed by atoms with Crippen LogP contribution in [-0.2, 0) is 16.6 Å². The summed E-state index contributed by atoms with van der Waals surface area (Å²) in [7, 11) is 0. The topological polar surface area (TPSA) is 55.1 Å². The van der Waals surface area contributed by atoms with Crippen molar-refractivity contribution in [2.45, 2.75) is 31.1 Å². The molecular weight excluding hydrogens is 324 g/mol. The molecule has 3 aromatic rings. The molecule has 1 N–H and O–H groups in total. The molecule has 0 spiro atoms. The van der Waals surface area contributed by atoms with Crippen LogP contribution in [-0.4, -0.2) is 17.6 Å². The Morgan fingerprint density at radius 1 is 1.04 bits per heavy atom. The van der Waals surface area contributed by atoms with Crippen molar-refractivity contribution in [1.29, 1.82) is 0 Å². The maximum absolute atomic E-state index is 12.7. The zero-order valence-electron chi connectivity index (χ0n) is 14.7. The van der Waals surface area contributed by atoms with E-state index < -0.39 is 5.41 Å². The molecule has 1 saturated carbocycles. The molecule has 1 heterocycles. The molecule has 132 valence electrons. The first-order valence-electron chi connectivity index (χ1n) is 9.13. The summed E-state index contributed by atoms with van der Waals surface area (Å²) in [6.07, 6.45) is 3.56. The molecule has 4 rings (SSSR count). The van der Waals surface area contributed by atoms with Gasteiger partial charge in [-0.05, 0) is 31.2 Å². The molecule has 1 aliphatic rings. The van der Waals surface area contributed by atoms with Crippen molar-refractivity contribution >= 4 is 5.91 Å². The third-order valence-electron chi connectivity index (χ3n) is 5.01. The van der Waals surface area contributed by atoms with Gasteiger partial charge in [0.1, 0.15) is 0 Å². The summed E-state index contributed by atoms with van der Waals surface area (Å²) in [5.74, 6) is 0.780. The summed E-state index contributed by atoms with van der Waals surface area (Å²) in [4.78, 5) is 12.7. The zero-order chi connectivity index (χ0) is 17.8. The Morgan fingerprint density at radius 3 is 2.42 bits per heavy atom. The van der Waals surface area contributed by atoms with Crippen LogP contribution in [0.2, 0.25) is 0 Å². The normalized spacial score (nSPS) is 14.8. The number of carbonyl (C=O) groups is 1. The third kappa shape index (κ3) is 3.40. The number of amides is 1. The highest BCUT2D eigenvalue weighted by molar-refractivity contribution is 5.91. The van der Waals surface area contributed by atoms with E-state index in [1.165, 1.54) is 5.56 Å². The SMILES string of the molecule is O=C(NCCCc1ccccc1)C1(c2cc(-c3ccccc3)on2)CC1. The predicted molar refractivity (Wildman–Crippen MR) is 101 cm³/mol. The van der Waals surface area contributed by atoms with Gasteiger partial charge in [0.15, 0.2) is 5.76 Å². The predicted octanol–water partition coefficient (Wildman–Crippen LogP) is 4.12. The molecule has 2 aromatic carbocycles. The number of benzene rings is 2. The lowest BCUT2D eigenvalue weighted by Gasteiger charge is -2.12. The van der Waals surface area contributed by atoms with Gasteiger partial charge in [-0.3, -0.25) is 4.79 Å². The lowest BCUT2D eigenvalue weighted by Crippen LogP contribution is -2.35. The quantitative estimate of drug-likeness (QED) is 0.655. The van der Waals surface area contributed by atoms with Crippen LogP contribution in [0.4, 0.5) is 0 Å². The van der Waals surface area contributed by atoms with Gasteiger partial charge in [0.2, 0.25) is 5.91 Å². The number of carbonyl (C=O) groups excluding carboxylic acids is 1. The van der Waals surface area contributed by atoms with Crippen molar-refractivity contribution in [2.24, 2.45) is 0 Å². The Morgan fingerprint density at radius 2 is 1.73 bits per heavy atom. The van der Waals surface area contributed by atoms with Crippen molar-refractivity contribution in [3.05, 3.63) is 78.0 Å². The number of aryl methyl sites for hydroxylation is 1. The fourth-order valence-corrected chi connectivity index (χ4v) is 3.27. The maximum atomic E-state index is 12.7.